The van der Waals surface area contributed by atoms with Crippen molar-refractivity contribution in [2.45, 2.75) is 51.4 Å². The van der Waals surface area contributed by atoms with Crippen molar-refractivity contribution >= 4 is 17.7 Å². The van der Waals surface area contributed by atoms with Gasteiger partial charge in [-0.05, 0) is 56.2 Å². The van der Waals surface area contributed by atoms with Gasteiger partial charge in [-0.25, -0.2) is 14.6 Å². The van der Waals surface area contributed by atoms with Crippen molar-refractivity contribution in [1.82, 2.24) is 35.0 Å². The van der Waals surface area contributed by atoms with Crippen LogP contribution in [0.5, 0.6) is 5.88 Å². The first-order valence-electron chi connectivity index (χ1n) is 15.0. The standard InChI is InChI=1S/C31H34F3N9O3/c1-3-45-28(44)23-14-30(17-38-23)7-10-42(11-8-30)25-13-26(40-29(35)39-25)46-27(31(32,33)34)22-5-4-20(21-15-36-18-37-16-21)12-24(22)43-9-6-19(2)41-43/h4-6,9,12-13,15-16,18,23,27,38H,3,7-8,10-11,14,17H2,1-2H3,(H2,35,39,40)/t23-,27+/m0/s1. The molecule has 0 amide bonds. The predicted octanol–water partition coefficient (Wildman–Crippen LogP) is 4.20. The first-order chi connectivity index (χ1) is 22.0. The van der Waals surface area contributed by atoms with Crippen LogP contribution in [0, 0.1) is 12.3 Å². The van der Waals surface area contributed by atoms with Crippen LogP contribution >= 0.6 is 0 Å². The zero-order chi connectivity index (χ0) is 32.5. The molecular weight excluding hydrogens is 603 g/mol. The molecule has 0 aliphatic carbocycles. The number of aromatic nitrogens is 6. The Hall–Kier alpha value is -4.79. The summed E-state index contributed by atoms with van der Waals surface area (Å²) in [7, 11) is 0. The van der Waals surface area contributed by atoms with Crippen LogP contribution < -0.4 is 20.7 Å². The molecule has 1 aromatic carbocycles. The van der Waals surface area contributed by atoms with Crippen LogP contribution in [0.25, 0.3) is 16.8 Å². The summed E-state index contributed by atoms with van der Waals surface area (Å²) in [6, 6.07) is 7.26. The van der Waals surface area contributed by atoms with Crippen molar-refractivity contribution in [2.24, 2.45) is 5.41 Å². The van der Waals surface area contributed by atoms with E-state index < -0.39 is 12.3 Å². The number of aryl methyl sites for hydroxylation is 1. The predicted molar refractivity (Wildman–Crippen MR) is 162 cm³/mol. The zero-order valence-electron chi connectivity index (χ0n) is 25.4. The molecule has 0 saturated carbocycles. The Morgan fingerprint density at radius 1 is 1.13 bits per heavy atom. The minimum Gasteiger partial charge on any atom is -0.465 e. The van der Waals surface area contributed by atoms with Gasteiger partial charge in [0.1, 0.15) is 18.2 Å². The van der Waals surface area contributed by atoms with Crippen molar-refractivity contribution in [3.63, 3.8) is 0 Å². The first-order valence-corrected chi connectivity index (χ1v) is 15.0. The average molecular weight is 638 g/mol. The van der Waals surface area contributed by atoms with Crippen LogP contribution in [0.3, 0.4) is 0 Å². The van der Waals surface area contributed by atoms with Gasteiger partial charge in [0.2, 0.25) is 17.9 Å². The van der Waals surface area contributed by atoms with Crippen molar-refractivity contribution in [3.05, 3.63) is 66.5 Å². The molecule has 4 aromatic rings. The molecule has 15 heteroatoms. The summed E-state index contributed by atoms with van der Waals surface area (Å²) in [5, 5.41) is 7.65. The lowest BCUT2D eigenvalue weighted by atomic mass is 9.76. The molecule has 3 N–H and O–H groups in total. The SMILES string of the molecule is CCOC(=O)[C@@H]1CC2(CCN(c3cc(O[C@H](c4ccc(-c5cncnc5)cc4-n4ccc(C)n4)C(F)(F)F)nc(N)n3)CC2)CN1. The van der Waals surface area contributed by atoms with E-state index in [0.717, 1.165) is 12.8 Å². The number of nitrogens with one attached hydrogen (secondary N) is 1. The van der Waals surface area contributed by atoms with Gasteiger partial charge in [0.25, 0.3) is 0 Å². The highest BCUT2D eigenvalue weighted by Crippen LogP contribution is 2.43. The molecule has 6 rings (SSSR count). The number of benzene rings is 1. The second kappa shape index (κ2) is 12.5. The number of anilines is 2. The monoisotopic (exact) mass is 637 g/mol. The van der Waals surface area contributed by atoms with Crippen molar-refractivity contribution in [3.8, 4) is 22.7 Å². The number of hydrogen-bond acceptors (Lipinski definition) is 11. The highest BCUT2D eigenvalue weighted by atomic mass is 19.4. The molecule has 0 unspecified atom stereocenters. The van der Waals surface area contributed by atoms with Gasteiger partial charge in [0.05, 0.1) is 18.0 Å². The maximum absolute atomic E-state index is 14.8. The molecule has 2 aliphatic heterocycles. The average Bonchev–Trinajstić information content (AvgIpc) is 3.66. The van der Waals surface area contributed by atoms with Gasteiger partial charge in [-0.3, -0.25) is 4.79 Å². The van der Waals surface area contributed by atoms with E-state index in [1.807, 2.05) is 4.90 Å². The number of carbonyl (C=O) groups excluding carboxylic acids is 1. The smallest absolute Gasteiger partial charge is 0.429 e. The molecule has 2 fully saturated rings. The summed E-state index contributed by atoms with van der Waals surface area (Å²) >= 11 is 0. The quantitative estimate of drug-likeness (QED) is 0.268. The summed E-state index contributed by atoms with van der Waals surface area (Å²) in [6.45, 7) is 5.68. The fraction of sp³-hybridized carbons (Fsp3) is 0.419. The minimum atomic E-state index is -4.82. The highest BCUT2D eigenvalue weighted by Gasteiger charge is 2.46. The van der Waals surface area contributed by atoms with E-state index in [-0.39, 0.29) is 40.5 Å². The third-order valence-corrected chi connectivity index (χ3v) is 8.50. The molecule has 5 heterocycles. The molecule has 242 valence electrons. The Bertz CT molecular complexity index is 1690. The summed E-state index contributed by atoms with van der Waals surface area (Å²) < 4.78 is 56.5. The van der Waals surface area contributed by atoms with Gasteiger partial charge in [-0.1, -0.05) is 12.1 Å². The Morgan fingerprint density at radius 3 is 2.57 bits per heavy atom. The summed E-state index contributed by atoms with van der Waals surface area (Å²) in [5.41, 5.74) is 7.79. The Kier molecular flexibility index (Phi) is 8.51. The second-order valence-electron chi connectivity index (χ2n) is 11.6. The Balaban J connectivity index is 1.26. The molecule has 2 atom stereocenters. The van der Waals surface area contributed by atoms with Gasteiger partial charge < -0.3 is 25.4 Å². The molecule has 0 radical (unpaired) electrons. The number of carbonyl (C=O) groups is 1. The Labute approximate surface area is 263 Å². The number of ether oxygens (including phenoxy) is 2. The number of nitrogens with zero attached hydrogens (tertiary/aromatic N) is 7. The van der Waals surface area contributed by atoms with Crippen LogP contribution in [0.15, 0.2) is 55.2 Å². The molecule has 3 aromatic heterocycles. The van der Waals surface area contributed by atoms with E-state index in [2.05, 4.69) is 30.4 Å². The Morgan fingerprint density at radius 2 is 1.89 bits per heavy atom. The van der Waals surface area contributed by atoms with Gasteiger partial charge >= 0.3 is 12.1 Å². The lowest BCUT2D eigenvalue weighted by molar-refractivity contribution is -0.198. The minimum absolute atomic E-state index is 0.0769. The third-order valence-electron chi connectivity index (χ3n) is 8.50. The normalized spacial score (nSPS) is 18.5. The number of nitrogens with two attached hydrogens (primary N) is 1. The van der Waals surface area contributed by atoms with Crippen LogP contribution in [0.4, 0.5) is 24.9 Å². The van der Waals surface area contributed by atoms with E-state index >= 15 is 0 Å². The molecule has 2 saturated heterocycles. The molecule has 12 nitrogen and oxygen atoms in total. The van der Waals surface area contributed by atoms with Gasteiger partial charge in [0, 0.05) is 55.4 Å². The van der Waals surface area contributed by atoms with Gasteiger partial charge in [-0.2, -0.15) is 28.2 Å². The summed E-state index contributed by atoms with van der Waals surface area (Å²) in [5.74, 6) is -0.395. The number of nitrogen functional groups attached to an aromatic ring is 1. The van der Waals surface area contributed by atoms with E-state index in [9.17, 15) is 18.0 Å². The molecule has 46 heavy (non-hydrogen) atoms. The molecule has 0 bridgehead atoms. The van der Waals surface area contributed by atoms with Gasteiger partial charge in [-0.15, -0.1) is 0 Å². The van der Waals surface area contributed by atoms with E-state index in [1.54, 1.807) is 50.6 Å². The molecule has 2 aliphatic rings. The fourth-order valence-corrected chi connectivity index (χ4v) is 6.14. The van der Waals surface area contributed by atoms with Crippen LogP contribution in [0.2, 0.25) is 0 Å². The largest absolute Gasteiger partial charge is 0.465 e. The number of esters is 1. The molecular formula is C31H34F3N9O3. The van der Waals surface area contributed by atoms with Gasteiger partial charge in [0.15, 0.2) is 0 Å². The number of halogens is 3. The van der Waals surface area contributed by atoms with E-state index in [4.69, 9.17) is 15.2 Å². The number of rotatable bonds is 8. The van der Waals surface area contributed by atoms with Crippen LogP contribution in [-0.4, -0.2) is 74.1 Å². The number of hydrogen-bond donors (Lipinski definition) is 2. The topological polar surface area (TPSA) is 146 Å². The van der Waals surface area contributed by atoms with Crippen molar-refractivity contribution < 1.29 is 27.4 Å². The fourth-order valence-electron chi connectivity index (χ4n) is 6.14. The first kappa shape index (κ1) is 31.2. The zero-order valence-corrected chi connectivity index (χ0v) is 25.4. The van der Waals surface area contributed by atoms with E-state index in [0.29, 0.717) is 55.3 Å². The third kappa shape index (κ3) is 6.59. The number of alkyl halides is 3. The highest BCUT2D eigenvalue weighted by molar-refractivity contribution is 5.76. The lowest BCUT2D eigenvalue weighted by Gasteiger charge is -2.39. The summed E-state index contributed by atoms with van der Waals surface area (Å²) in [4.78, 5) is 30.6. The van der Waals surface area contributed by atoms with Crippen molar-refractivity contribution in [2.75, 3.05) is 36.9 Å². The maximum Gasteiger partial charge on any atom is 0.429 e. The van der Waals surface area contributed by atoms with E-state index in [1.165, 1.54) is 23.1 Å². The molecule has 1 spiro atoms. The van der Waals surface area contributed by atoms with Crippen LogP contribution in [0.1, 0.15) is 43.5 Å². The van der Waals surface area contributed by atoms with Crippen molar-refractivity contribution in [1.29, 1.82) is 0 Å². The number of piperidine rings is 1. The second-order valence-corrected chi connectivity index (χ2v) is 11.6. The maximum atomic E-state index is 14.8. The lowest BCUT2D eigenvalue weighted by Crippen LogP contribution is -2.41. The van der Waals surface area contributed by atoms with Crippen LogP contribution in [-0.2, 0) is 9.53 Å². The summed E-state index contributed by atoms with van der Waals surface area (Å²) in [6.07, 6.45) is 1.08.